The SMILES string of the molecule is COC(=O)c1c(NC(=O)COC(=O)c2ccc(OC)c(N)c2)sc2c1CCC(c1ccccc1)C2. The van der Waals surface area contributed by atoms with Gasteiger partial charge in [0.1, 0.15) is 10.8 Å². The lowest BCUT2D eigenvalue weighted by molar-refractivity contribution is -0.119. The highest BCUT2D eigenvalue weighted by atomic mass is 32.1. The van der Waals surface area contributed by atoms with Crippen LogP contribution >= 0.6 is 11.3 Å². The maximum absolute atomic E-state index is 12.6. The Balaban J connectivity index is 1.46. The van der Waals surface area contributed by atoms with Crippen molar-refractivity contribution in [3.8, 4) is 5.75 Å². The topological polar surface area (TPSA) is 117 Å². The molecule has 9 heteroatoms. The number of thiophene rings is 1. The van der Waals surface area contributed by atoms with Gasteiger partial charge in [0.2, 0.25) is 0 Å². The first-order valence-corrected chi connectivity index (χ1v) is 11.9. The zero-order valence-electron chi connectivity index (χ0n) is 19.5. The third-order valence-electron chi connectivity index (χ3n) is 5.98. The first kappa shape index (κ1) is 24.3. The zero-order valence-corrected chi connectivity index (χ0v) is 20.3. The second-order valence-corrected chi connectivity index (χ2v) is 9.24. The molecule has 0 fully saturated rings. The van der Waals surface area contributed by atoms with Crippen LogP contribution in [0.4, 0.5) is 10.7 Å². The predicted octanol–water partition coefficient (Wildman–Crippen LogP) is 4.19. The van der Waals surface area contributed by atoms with E-state index < -0.39 is 24.5 Å². The lowest BCUT2D eigenvalue weighted by Gasteiger charge is -2.22. The van der Waals surface area contributed by atoms with E-state index in [1.54, 1.807) is 6.07 Å². The van der Waals surface area contributed by atoms with Crippen LogP contribution in [0.1, 0.15) is 49.1 Å². The van der Waals surface area contributed by atoms with Gasteiger partial charge in [-0.15, -0.1) is 11.3 Å². The number of hydrogen-bond donors (Lipinski definition) is 2. The maximum atomic E-state index is 12.6. The number of benzene rings is 2. The summed E-state index contributed by atoms with van der Waals surface area (Å²) in [6.45, 7) is -0.513. The summed E-state index contributed by atoms with van der Waals surface area (Å²) in [7, 11) is 2.79. The molecule has 1 heterocycles. The Labute approximate surface area is 207 Å². The average Bonchev–Trinajstić information content (AvgIpc) is 3.24. The molecule has 8 nitrogen and oxygen atoms in total. The summed E-state index contributed by atoms with van der Waals surface area (Å²) in [5.74, 6) is -0.969. The third-order valence-corrected chi connectivity index (χ3v) is 7.15. The summed E-state index contributed by atoms with van der Waals surface area (Å²) >= 11 is 1.37. The quantitative estimate of drug-likeness (QED) is 0.374. The van der Waals surface area contributed by atoms with Gasteiger partial charge in [0.15, 0.2) is 6.61 Å². The lowest BCUT2D eigenvalue weighted by atomic mass is 9.83. The van der Waals surface area contributed by atoms with Crippen LogP contribution < -0.4 is 15.8 Å². The minimum Gasteiger partial charge on any atom is -0.495 e. The monoisotopic (exact) mass is 494 g/mol. The van der Waals surface area contributed by atoms with Crippen molar-refractivity contribution < 1.29 is 28.6 Å². The number of ether oxygens (including phenoxy) is 3. The summed E-state index contributed by atoms with van der Waals surface area (Å²) in [6.07, 6.45) is 2.38. The van der Waals surface area contributed by atoms with Gasteiger partial charge in [-0.3, -0.25) is 4.79 Å². The molecule has 0 aliphatic heterocycles. The fraction of sp³-hybridized carbons (Fsp3) is 0.269. The molecule has 3 aromatic rings. The van der Waals surface area contributed by atoms with E-state index in [2.05, 4.69) is 17.4 Å². The van der Waals surface area contributed by atoms with Crippen LogP contribution in [0, 0.1) is 0 Å². The number of anilines is 2. The standard InChI is InChI=1S/C26H26N2O6S/c1-32-20-11-9-17(12-19(20)27)25(30)34-14-22(29)28-24-23(26(31)33-2)18-10-8-16(13-21(18)35-24)15-6-4-3-5-7-15/h3-7,9,11-12,16H,8,10,13-14,27H2,1-2H3,(H,28,29). The molecule has 1 aliphatic rings. The van der Waals surface area contributed by atoms with Crippen molar-refractivity contribution in [1.82, 2.24) is 0 Å². The highest BCUT2D eigenvalue weighted by Gasteiger charge is 2.30. The van der Waals surface area contributed by atoms with E-state index in [-0.39, 0.29) is 11.3 Å². The van der Waals surface area contributed by atoms with Gasteiger partial charge in [0.25, 0.3) is 5.91 Å². The van der Waals surface area contributed by atoms with Crippen molar-refractivity contribution in [2.24, 2.45) is 0 Å². The molecule has 0 spiro atoms. The second kappa shape index (κ2) is 10.6. The fourth-order valence-corrected chi connectivity index (χ4v) is 5.57. The molecule has 0 saturated carbocycles. The molecule has 4 rings (SSSR count). The van der Waals surface area contributed by atoms with Crippen molar-refractivity contribution in [1.29, 1.82) is 0 Å². The maximum Gasteiger partial charge on any atom is 0.341 e. The molecule has 3 N–H and O–H groups in total. The fourth-order valence-electron chi connectivity index (χ4n) is 4.24. The van der Waals surface area contributed by atoms with E-state index in [9.17, 15) is 14.4 Å². The molecule has 1 aromatic heterocycles. The number of methoxy groups -OCH3 is 2. The molecule has 0 bridgehead atoms. The Kier molecular flexibility index (Phi) is 7.36. The Morgan fingerprint density at radius 1 is 1.09 bits per heavy atom. The van der Waals surface area contributed by atoms with Gasteiger partial charge in [-0.1, -0.05) is 30.3 Å². The number of hydrogen-bond acceptors (Lipinski definition) is 8. The first-order chi connectivity index (χ1) is 16.9. The van der Waals surface area contributed by atoms with Crippen molar-refractivity contribution in [2.75, 3.05) is 31.9 Å². The van der Waals surface area contributed by atoms with Gasteiger partial charge in [-0.2, -0.15) is 0 Å². The third kappa shape index (κ3) is 5.30. The van der Waals surface area contributed by atoms with Crippen LogP contribution in [0.3, 0.4) is 0 Å². The number of nitrogens with two attached hydrogens (primary N) is 1. The van der Waals surface area contributed by atoms with E-state index in [0.717, 1.165) is 23.3 Å². The summed E-state index contributed by atoms with van der Waals surface area (Å²) < 4.78 is 15.2. The average molecular weight is 495 g/mol. The van der Waals surface area contributed by atoms with Gasteiger partial charge in [-0.25, -0.2) is 9.59 Å². The lowest BCUT2D eigenvalue weighted by Crippen LogP contribution is -2.22. The molecule has 0 radical (unpaired) electrons. The summed E-state index contributed by atoms with van der Waals surface area (Å²) in [4.78, 5) is 38.5. The number of esters is 2. The molecule has 1 aliphatic carbocycles. The van der Waals surface area contributed by atoms with Crippen molar-refractivity contribution in [2.45, 2.75) is 25.2 Å². The van der Waals surface area contributed by atoms with E-state index in [4.69, 9.17) is 19.9 Å². The van der Waals surface area contributed by atoms with Crippen molar-refractivity contribution >= 4 is 39.9 Å². The minimum atomic E-state index is -0.695. The number of rotatable bonds is 7. The number of carbonyl (C=O) groups excluding carboxylic acids is 3. The Bertz CT molecular complexity index is 1250. The van der Waals surface area contributed by atoms with Crippen LogP contribution in [-0.2, 0) is 27.1 Å². The zero-order chi connectivity index (χ0) is 24.9. The minimum absolute atomic E-state index is 0.199. The highest BCUT2D eigenvalue weighted by Crippen LogP contribution is 2.42. The summed E-state index contributed by atoms with van der Waals surface area (Å²) in [5, 5.41) is 3.14. The molecule has 1 unspecified atom stereocenters. The van der Waals surface area contributed by atoms with Gasteiger partial charge in [0.05, 0.1) is 31.0 Å². The normalized spacial score (nSPS) is 14.5. The molecule has 182 valence electrons. The second-order valence-electron chi connectivity index (χ2n) is 8.13. The number of nitrogen functional groups attached to an aromatic ring is 1. The van der Waals surface area contributed by atoms with Crippen LogP contribution in [0.15, 0.2) is 48.5 Å². The molecule has 1 atom stereocenters. The molecular weight excluding hydrogens is 468 g/mol. The number of carbonyl (C=O) groups is 3. The van der Waals surface area contributed by atoms with E-state index in [1.165, 1.54) is 43.3 Å². The highest BCUT2D eigenvalue weighted by molar-refractivity contribution is 7.17. The smallest absolute Gasteiger partial charge is 0.341 e. The molecule has 0 saturated heterocycles. The largest absolute Gasteiger partial charge is 0.495 e. The first-order valence-electron chi connectivity index (χ1n) is 11.1. The molecular formula is C26H26N2O6S. The number of amides is 1. The molecule has 1 amide bonds. The Morgan fingerprint density at radius 3 is 2.54 bits per heavy atom. The van der Waals surface area contributed by atoms with Crippen LogP contribution in [0.25, 0.3) is 0 Å². The van der Waals surface area contributed by atoms with E-state index in [0.29, 0.717) is 28.7 Å². The van der Waals surface area contributed by atoms with Crippen molar-refractivity contribution in [3.63, 3.8) is 0 Å². The van der Waals surface area contributed by atoms with E-state index >= 15 is 0 Å². The van der Waals surface area contributed by atoms with Gasteiger partial charge in [0, 0.05) is 4.88 Å². The van der Waals surface area contributed by atoms with Crippen molar-refractivity contribution in [3.05, 3.63) is 75.7 Å². The summed E-state index contributed by atoms with van der Waals surface area (Å²) in [6, 6.07) is 14.7. The molecule has 35 heavy (non-hydrogen) atoms. The van der Waals surface area contributed by atoms with Gasteiger partial charge >= 0.3 is 11.9 Å². The number of fused-ring (bicyclic) bond motifs is 1. The van der Waals surface area contributed by atoms with Gasteiger partial charge in [-0.05, 0) is 54.5 Å². The van der Waals surface area contributed by atoms with Crippen LogP contribution in [-0.4, -0.2) is 38.7 Å². The van der Waals surface area contributed by atoms with Crippen LogP contribution in [0.5, 0.6) is 5.75 Å². The Morgan fingerprint density at radius 2 is 1.86 bits per heavy atom. The predicted molar refractivity (Wildman–Crippen MR) is 133 cm³/mol. The Hall–Kier alpha value is -3.85. The van der Waals surface area contributed by atoms with Gasteiger partial charge < -0.3 is 25.3 Å². The van der Waals surface area contributed by atoms with E-state index in [1.807, 2.05) is 18.2 Å². The number of nitrogens with one attached hydrogen (secondary N) is 1. The molecule has 2 aromatic carbocycles. The van der Waals surface area contributed by atoms with Crippen LogP contribution in [0.2, 0.25) is 0 Å². The summed E-state index contributed by atoms with van der Waals surface area (Å²) in [5.41, 5.74) is 8.85.